The summed E-state index contributed by atoms with van der Waals surface area (Å²) in [6.07, 6.45) is 29.6. The van der Waals surface area contributed by atoms with Crippen LogP contribution >= 0.6 is 15.9 Å². The van der Waals surface area contributed by atoms with E-state index in [0.717, 1.165) is 10.9 Å². The number of nitrogens with zero attached hydrogens (tertiary/aromatic N) is 1. The number of aryl methyl sites for hydroxylation is 1. The summed E-state index contributed by atoms with van der Waals surface area (Å²) in [4.78, 5) is 2.39. The van der Waals surface area contributed by atoms with Crippen molar-refractivity contribution in [1.82, 2.24) is 0 Å². The van der Waals surface area contributed by atoms with Gasteiger partial charge in [-0.25, -0.2) is 0 Å². The fourth-order valence-electron chi connectivity index (χ4n) is 6.96. The average Bonchev–Trinajstić information content (AvgIpc) is 3.12. The zero-order chi connectivity index (χ0) is 33.5. The monoisotopic (exact) mass is 707 g/mol. The molecule has 0 aromatic heterocycles. The molecule has 0 spiro atoms. The first-order valence-corrected chi connectivity index (χ1v) is 20.3. The average molecular weight is 709 g/mol. The van der Waals surface area contributed by atoms with E-state index in [2.05, 4.69) is 131 Å². The maximum absolute atomic E-state index is 3.64. The summed E-state index contributed by atoms with van der Waals surface area (Å²) < 4.78 is 1.11. The van der Waals surface area contributed by atoms with Crippen molar-refractivity contribution >= 4 is 33.0 Å². The first-order valence-electron chi connectivity index (χ1n) is 19.6. The van der Waals surface area contributed by atoms with Crippen molar-refractivity contribution in [2.45, 2.75) is 142 Å². The lowest BCUT2D eigenvalue weighted by atomic mass is 9.96. The molecule has 0 N–H and O–H groups in total. The Hall–Kier alpha value is -2.84. The van der Waals surface area contributed by atoms with Gasteiger partial charge in [0.1, 0.15) is 0 Å². The molecular formula is C46H62BrN. The third-order valence-electron chi connectivity index (χ3n) is 9.80. The van der Waals surface area contributed by atoms with E-state index < -0.39 is 0 Å². The Morgan fingerprint density at radius 1 is 0.438 bits per heavy atom. The van der Waals surface area contributed by atoms with Crippen LogP contribution in [-0.2, 0) is 6.42 Å². The molecule has 0 aliphatic rings. The van der Waals surface area contributed by atoms with Gasteiger partial charge in [0.05, 0.1) is 5.69 Å². The van der Waals surface area contributed by atoms with Crippen LogP contribution in [-0.4, -0.2) is 0 Å². The zero-order valence-electron chi connectivity index (χ0n) is 30.0. The van der Waals surface area contributed by atoms with Gasteiger partial charge in [-0.15, -0.1) is 0 Å². The van der Waals surface area contributed by atoms with E-state index in [-0.39, 0.29) is 0 Å². The van der Waals surface area contributed by atoms with Gasteiger partial charge in [0.15, 0.2) is 0 Å². The predicted octanol–water partition coefficient (Wildman–Crippen LogP) is 16.0. The molecule has 4 rings (SSSR count). The van der Waals surface area contributed by atoms with E-state index in [1.807, 2.05) is 0 Å². The molecule has 0 heterocycles. The van der Waals surface area contributed by atoms with Crippen molar-refractivity contribution < 1.29 is 0 Å². The van der Waals surface area contributed by atoms with Gasteiger partial charge in [0, 0.05) is 21.4 Å². The summed E-state index contributed by atoms with van der Waals surface area (Å²) in [7, 11) is 0. The number of para-hydroxylation sites is 2. The summed E-state index contributed by atoms with van der Waals surface area (Å²) in [6.45, 7) is 2.30. The highest BCUT2D eigenvalue weighted by molar-refractivity contribution is 9.10. The van der Waals surface area contributed by atoms with Crippen LogP contribution < -0.4 is 4.90 Å². The second kappa shape index (κ2) is 23.5. The van der Waals surface area contributed by atoms with E-state index in [4.69, 9.17) is 0 Å². The van der Waals surface area contributed by atoms with Gasteiger partial charge in [-0.3, -0.25) is 0 Å². The largest absolute Gasteiger partial charge is 0.310 e. The molecule has 4 aromatic rings. The molecule has 258 valence electrons. The molecule has 4 aromatic carbocycles. The van der Waals surface area contributed by atoms with Crippen LogP contribution in [0.4, 0.5) is 17.1 Å². The van der Waals surface area contributed by atoms with Crippen molar-refractivity contribution in [3.63, 3.8) is 0 Å². The van der Waals surface area contributed by atoms with Crippen LogP contribution in [0.25, 0.3) is 11.1 Å². The molecule has 0 fully saturated rings. The molecule has 0 aliphatic heterocycles. The number of hydrogen-bond acceptors (Lipinski definition) is 1. The smallest absolute Gasteiger partial charge is 0.0540 e. The summed E-state index contributed by atoms with van der Waals surface area (Å²) in [6, 6.07) is 37.4. The lowest BCUT2D eigenvalue weighted by Crippen LogP contribution is -2.11. The minimum Gasteiger partial charge on any atom is -0.310 e. The lowest BCUT2D eigenvalue weighted by Gasteiger charge is -2.28. The molecule has 0 unspecified atom stereocenters. The van der Waals surface area contributed by atoms with Gasteiger partial charge < -0.3 is 4.90 Å². The molecule has 0 saturated heterocycles. The van der Waals surface area contributed by atoms with Crippen LogP contribution in [0.2, 0.25) is 0 Å². The van der Waals surface area contributed by atoms with Crippen molar-refractivity contribution in [1.29, 1.82) is 0 Å². The summed E-state index contributed by atoms with van der Waals surface area (Å²) in [5.74, 6) is 0. The van der Waals surface area contributed by atoms with E-state index in [1.54, 1.807) is 0 Å². The first kappa shape index (κ1) is 38.0. The molecule has 0 aliphatic carbocycles. The summed E-state index contributed by atoms with van der Waals surface area (Å²) in [5.41, 5.74) is 7.51. The standard InChI is InChI=1S/C46H62BrN/c1-2-3-4-5-6-7-8-9-10-11-12-13-14-15-16-17-18-19-20-23-28-40-33-38-46(45(39-40)41-34-36-42(47)37-35-41)48(43-29-24-21-25-30-43)44-31-26-22-27-32-44/h21-22,24-27,29-39H,2-20,23,28H2,1H3. The van der Waals surface area contributed by atoms with E-state index >= 15 is 0 Å². The number of hydrogen-bond donors (Lipinski definition) is 0. The minimum absolute atomic E-state index is 1.11. The van der Waals surface area contributed by atoms with E-state index in [1.165, 1.54) is 162 Å². The van der Waals surface area contributed by atoms with E-state index in [9.17, 15) is 0 Å². The number of rotatable bonds is 25. The highest BCUT2D eigenvalue weighted by atomic mass is 79.9. The SMILES string of the molecule is CCCCCCCCCCCCCCCCCCCCCCc1ccc(N(c2ccccc2)c2ccccc2)c(-c2ccc(Br)cc2)c1. The molecular weight excluding hydrogens is 646 g/mol. The first-order chi connectivity index (χ1) is 23.8. The van der Waals surface area contributed by atoms with Crippen molar-refractivity contribution in [2.75, 3.05) is 4.90 Å². The highest BCUT2D eigenvalue weighted by Gasteiger charge is 2.17. The third-order valence-corrected chi connectivity index (χ3v) is 10.3. The fraction of sp³-hybridized carbons (Fsp3) is 0.478. The molecule has 0 radical (unpaired) electrons. The van der Waals surface area contributed by atoms with Gasteiger partial charge in [-0.05, 0) is 72.5 Å². The predicted molar refractivity (Wildman–Crippen MR) is 216 cm³/mol. The topological polar surface area (TPSA) is 3.24 Å². The van der Waals surface area contributed by atoms with Crippen molar-refractivity contribution in [3.05, 3.63) is 113 Å². The number of anilines is 3. The van der Waals surface area contributed by atoms with E-state index in [0.29, 0.717) is 0 Å². The normalized spacial score (nSPS) is 11.2. The maximum atomic E-state index is 3.64. The molecule has 1 nitrogen and oxygen atoms in total. The van der Waals surface area contributed by atoms with Crippen LogP contribution in [0, 0.1) is 0 Å². The Morgan fingerprint density at radius 3 is 1.29 bits per heavy atom. The molecule has 48 heavy (non-hydrogen) atoms. The Labute approximate surface area is 302 Å². The van der Waals surface area contributed by atoms with Crippen LogP contribution in [0.1, 0.15) is 141 Å². The number of benzene rings is 4. The Kier molecular flexibility index (Phi) is 18.6. The minimum atomic E-state index is 1.11. The summed E-state index contributed by atoms with van der Waals surface area (Å²) in [5, 5.41) is 0. The highest BCUT2D eigenvalue weighted by Crippen LogP contribution is 2.41. The third kappa shape index (κ3) is 13.9. The van der Waals surface area contributed by atoms with Gasteiger partial charge >= 0.3 is 0 Å². The Balaban J connectivity index is 1.16. The van der Waals surface area contributed by atoms with Gasteiger partial charge in [0.25, 0.3) is 0 Å². The van der Waals surface area contributed by atoms with Crippen LogP contribution in [0.3, 0.4) is 0 Å². The Morgan fingerprint density at radius 2 is 0.854 bits per heavy atom. The maximum Gasteiger partial charge on any atom is 0.0540 e. The molecule has 2 heteroatoms. The quantitative estimate of drug-likeness (QED) is 0.0620. The number of unbranched alkanes of at least 4 members (excludes halogenated alkanes) is 19. The molecule has 0 saturated carbocycles. The molecule has 0 amide bonds. The van der Waals surface area contributed by atoms with Gasteiger partial charge in [-0.1, -0.05) is 199 Å². The molecule has 0 bridgehead atoms. The van der Waals surface area contributed by atoms with Crippen molar-refractivity contribution in [2.24, 2.45) is 0 Å². The van der Waals surface area contributed by atoms with Crippen LogP contribution in [0.5, 0.6) is 0 Å². The number of halogens is 1. The lowest BCUT2D eigenvalue weighted by molar-refractivity contribution is 0.522. The second-order valence-electron chi connectivity index (χ2n) is 13.8. The van der Waals surface area contributed by atoms with Crippen molar-refractivity contribution in [3.8, 4) is 11.1 Å². The van der Waals surface area contributed by atoms with Gasteiger partial charge in [-0.2, -0.15) is 0 Å². The summed E-state index contributed by atoms with van der Waals surface area (Å²) >= 11 is 3.64. The fourth-order valence-corrected chi connectivity index (χ4v) is 7.22. The Bertz CT molecular complexity index is 1330. The van der Waals surface area contributed by atoms with Gasteiger partial charge in [0.2, 0.25) is 0 Å². The zero-order valence-corrected chi connectivity index (χ0v) is 31.6. The second-order valence-corrected chi connectivity index (χ2v) is 14.7. The van der Waals surface area contributed by atoms with Crippen LogP contribution in [0.15, 0.2) is 108 Å². The molecule has 0 atom stereocenters.